The first-order valence-corrected chi connectivity index (χ1v) is 12.2. The molecule has 0 heterocycles. The van der Waals surface area contributed by atoms with Crippen LogP contribution in [0.25, 0.3) is 0 Å². The molecule has 37 heavy (non-hydrogen) atoms. The number of carbonyl (C=O) groups excluding carboxylic acids is 3. The number of hydrogen-bond acceptors (Lipinski definition) is 8. The molecule has 23 heteroatoms. The van der Waals surface area contributed by atoms with Crippen molar-refractivity contribution >= 4 is 55.0 Å². The van der Waals surface area contributed by atoms with Crippen LogP contribution in [-0.2, 0) is 37.8 Å². The van der Waals surface area contributed by atoms with Crippen molar-refractivity contribution < 1.29 is 84.0 Å². The zero-order valence-electron chi connectivity index (χ0n) is 19.1. The van der Waals surface area contributed by atoms with Gasteiger partial charge in [-0.1, -0.05) is 7.43 Å². The van der Waals surface area contributed by atoms with E-state index < -0.39 is 58.1 Å². The molecule has 1 atom stereocenters. The minimum atomic E-state index is -4.39. The van der Waals surface area contributed by atoms with Crippen molar-refractivity contribution in [3.8, 4) is 0 Å². The molecule has 2 amide bonds. The molecule has 1 unspecified atom stereocenters. The SMILES string of the molecule is C.C=O.CC(=O)N(CC(=O)O)CP(=O)(O)O.CC(=O)NCP(=O)(O)O.O.O.O.O=C(O)CNCP.[C-]#[O+]. The molecule has 0 fully saturated rings. The molecule has 0 saturated carbocycles. The summed E-state index contributed by atoms with van der Waals surface area (Å²) in [5, 5.41) is 20.9. The third-order valence-corrected chi connectivity index (χ3v) is 3.65. The second-order valence-corrected chi connectivity index (χ2v) is 8.66. The monoisotopic (exact) mass is 613 g/mol. The van der Waals surface area contributed by atoms with Crippen LogP contribution in [0, 0.1) is 6.65 Å². The molecule has 0 aliphatic rings. The first-order chi connectivity index (χ1) is 14.9. The number of amides is 2. The van der Waals surface area contributed by atoms with Crippen molar-refractivity contribution in [3.05, 3.63) is 6.65 Å². The number of nitrogens with one attached hydrogen (secondary N) is 2. The molecule has 14 N–H and O–H groups in total. The summed E-state index contributed by atoms with van der Waals surface area (Å²) in [6, 6.07) is 0. The van der Waals surface area contributed by atoms with Gasteiger partial charge in [-0.3, -0.25) is 28.3 Å². The van der Waals surface area contributed by atoms with Gasteiger partial charge in [-0.15, -0.1) is 9.24 Å². The van der Waals surface area contributed by atoms with Crippen molar-refractivity contribution in [1.82, 2.24) is 15.5 Å². The zero-order valence-corrected chi connectivity index (χ0v) is 22.1. The molecule has 0 aliphatic heterocycles. The predicted octanol–water partition coefficient (Wildman–Crippen LogP) is -4.25. The molecular formula is C14H38N3O17P3. The van der Waals surface area contributed by atoms with Gasteiger partial charge in [0.25, 0.3) is 0 Å². The van der Waals surface area contributed by atoms with Gasteiger partial charge < -0.3 is 66.5 Å². The van der Waals surface area contributed by atoms with Crippen LogP contribution in [-0.4, -0.2) is 114 Å². The Bertz CT molecular complexity index is 695. The van der Waals surface area contributed by atoms with Crippen LogP contribution in [0.3, 0.4) is 0 Å². The van der Waals surface area contributed by atoms with E-state index in [2.05, 4.69) is 21.2 Å². The van der Waals surface area contributed by atoms with E-state index in [1.165, 1.54) is 6.92 Å². The van der Waals surface area contributed by atoms with E-state index >= 15 is 0 Å². The van der Waals surface area contributed by atoms with E-state index in [0.29, 0.717) is 11.2 Å². The summed E-state index contributed by atoms with van der Waals surface area (Å²) in [6.07, 6.45) is -0.816. The molecule has 0 bridgehead atoms. The van der Waals surface area contributed by atoms with E-state index in [-0.39, 0.29) is 30.4 Å². The fourth-order valence-corrected chi connectivity index (χ4v) is 2.36. The number of aliphatic carboxylic acids is 2. The summed E-state index contributed by atoms with van der Waals surface area (Å²) in [4.78, 5) is 82.4. The average molecular weight is 613 g/mol. The Kier molecular flexibility index (Phi) is 58.2. The van der Waals surface area contributed by atoms with Crippen molar-refractivity contribution in [1.29, 1.82) is 0 Å². The van der Waals surface area contributed by atoms with Crippen molar-refractivity contribution in [2.75, 3.05) is 31.9 Å². The first kappa shape index (κ1) is 59.8. The molecule has 0 aromatic carbocycles. The van der Waals surface area contributed by atoms with Crippen LogP contribution in [0.2, 0.25) is 0 Å². The van der Waals surface area contributed by atoms with Crippen molar-refractivity contribution in [3.63, 3.8) is 0 Å². The molecule has 0 aliphatic carbocycles. The molecule has 0 aromatic rings. The zero-order chi connectivity index (χ0) is 27.8. The summed E-state index contributed by atoms with van der Waals surface area (Å²) in [7, 11) is -6.07. The second-order valence-electron chi connectivity index (χ2n) is 5.00. The molecule has 0 spiro atoms. The fourth-order valence-electron chi connectivity index (χ4n) is 1.04. The molecule has 0 radical (unpaired) electrons. The van der Waals surface area contributed by atoms with Crippen LogP contribution < -0.4 is 10.6 Å². The van der Waals surface area contributed by atoms with Gasteiger partial charge in [0.2, 0.25) is 11.8 Å². The molecular weight excluding hydrogens is 575 g/mol. The minimum absolute atomic E-state index is 0. The van der Waals surface area contributed by atoms with Crippen molar-refractivity contribution in [2.45, 2.75) is 21.3 Å². The van der Waals surface area contributed by atoms with Gasteiger partial charge in [0.15, 0.2) is 0 Å². The quantitative estimate of drug-likeness (QED) is 0.0693. The molecule has 0 saturated heterocycles. The third kappa shape index (κ3) is 79.0. The van der Waals surface area contributed by atoms with Crippen LogP contribution in [0.4, 0.5) is 0 Å². The second kappa shape index (κ2) is 36.0. The summed E-state index contributed by atoms with van der Waals surface area (Å²) in [6.45, 7) is 8.07. The number of carboxylic acids is 2. The Balaban J connectivity index is -0.0000000417. The number of carboxylic acid groups (broad SMARTS) is 2. The van der Waals surface area contributed by atoms with E-state index in [9.17, 15) is 28.3 Å². The summed E-state index contributed by atoms with van der Waals surface area (Å²) in [5.74, 6) is -3.27. The first-order valence-electron chi connectivity index (χ1n) is 7.84. The van der Waals surface area contributed by atoms with Crippen LogP contribution in [0.15, 0.2) is 0 Å². The van der Waals surface area contributed by atoms with Gasteiger partial charge in [0.05, 0.1) is 6.54 Å². The van der Waals surface area contributed by atoms with E-state index in [1.54, 1.807) is 0 Å². The molecule has 20 nitrogen and oxygen atoms in total. The molecule has 0 rings (SSSR count). The van der Waals surface area contributed by atoms with E-state index in [1.807, 2.05) is 12.1 Å². The predicted molar refractivity (Wildman–Crippen MR) is 132 cm³/mol. The topological polar surface area (TPSA) is 383 Å². The Morgan fingerprint density at radius 2 is 1.30 bits per heavy atom. The summed E-state index contributed by atoms with van der Waals surface area (Å²) in [5.41, 5.74) is 0. The number of hydrogen-bond donors (Lipinski definition) is 8. The van der Waals surface area contributed by atoms with Gasteiger partial charge in [-0.25, -0.2) is 0 Å². The standard InChI is InChI=1S/C5H10NO6P.C3H8NO4P.C3H8NO2P.CH2O.CO.CH4.3H2O/c1-4(7)6(2-5(8)9)3-13(10,11)12;1-3(5)4-2-9(6,7)8;5-3(6)1-4-2-7;2*1-2;;;;/h2-3H2,1H3,(H,8,9)(H2,10,11,12);2H2,1H3,(H,4,5)(H2,6,7,8);4H,1-2,7H2,(H,5,6);1H2;;1H4;3*1H2. The van der Waals surface area contributed by atoms with Crippen LogP contribution in [0.1, 0.15) is 21.3 Å². The van der Waals surface area contributed by atoms with E-state index in [0.717, 1.165) is 6.92 Å². The fraction of sp³-hybridized carbons (Fsp3) is 0.571. The van der Waals surface area contributed by atoms with Crippen molar-refractivity contribution in [2.24, 2.45) is 0 Å². The molecule has 0 aromatic heterocycles. The number of carbonyl (C=O) groups is 5. The Morgan fingerprint density at radius 1 is 0.919 bits per heavy atom. The maximum absolute atomic E-state index is 10.7. The average Bonchev–Trinajstić information content (AvgIpc) is 2.66. The maximum atomic E-state index is 10.7. The summed E-state index contributed by atoms with van der Waals surface area (Å²) >= 11 is 0. The van der Waals surface area contributed by atoms with Gasteiger partial charge in [0.1, 0.15) is 25.9 Å². The number of nitrogens with zero attached hydrogens (tertiary/aromatic N) is 1. The van der Waals surface area contributed by atoms with Crippen LogP contribution >= 0.6 is 24.4 Å². The third-order valence-electron chi connectivity index (χ3n) is 2.08. The Morgan fingerprint density at radius 3 is 1.43 bits per heavy atom. The summed E-state index contributed by atoms with van der Waals surface area (Å²) < 4.78 is 28.0. The van der Waals surface area contributed by atoms with Gasteiger partial charge in [-0.2, -0.15) is 0 Å². The molecule has 226 valence electrons. The van der Waals surface area contributed by atoms with E-state index in [4.69, 9.17) is 39.2 Å². The normalized spacial score (nSPS) is 8.35. The number of rotatable bonds is 9. The Hall–Kier alpha value is -2.14. The van der Waals surface area contributed by atoms with Crippen LogP contribution in [0.5, 0.6) is 0 Å². The van der Waals surface area contributed by atoms with Gasteiger partial charge in [0, 0.05) is 20.1 Å². The van der Waals surface area contributed by atoms with Gasteiger partial charge >= 0.3 is 38.4 Å². The Labute approximate surface area is 215 Å². The van der Waals surface area contributed by atoms with Gasteiger partial charge in [-0.05, 0) is 0 Å².